The first kappa shape index (κ1) is 23.5. The Hall–Kier alpha value is -2.81. The summed E-state index contributed by atoms with van der Waals surface area (Å²) in [5.74, 6) is -1.32. The van der Waals surface area contributed by atoms with E-state index in [4.69, 9.17) is 16.3 Å². The molecule has 162 valence electrons. The van der Waals surface area contributed by atoms with E-state index in [1.807, 2.05) is 0 Å². The maximum Gasteiger partial charge on any atom is 0.417 e. The molecule has 1 atom stereocenters. The number of ether oxygens (including phenoxy) is 1. The van der Waals surface area contributed by atoms with E-state index in [1.165, 1.54) is 0 Å². The van der Waals surface area contributed by atoms with Gasteiger partial charge in [-0.25, -0.2) is 0 Å². The number of hydrogen-bond donors (Lipinski definition) is 1. The van der Waals surface area contributed by atoms with Gasteiger partial charge in [-0.15, -0.1) is 0 Å². The zero-order valence-electron chi connectivity index (χ0n) is 16.2. The summed E-state index contributed by atoms with van der Waals surface area (Å²) < 4.78 is 44.6. The van der Waals surface area contributed by atoms with Crippen molar-refractivity contribution in [3.8, 4) is 0 Å². The van der Waals surface area contributed by atoms with Gasteiger partial charge in [0.2, 0.25) is 5.91 Å². The van der Waals surface area contributed by atoms with Crippen molar-refractivity contribution < 1.29 is 27.5 Å². The number of rotatable bonds is 7. The van der Waals surface area contributed by atoms with Crippen LogP contribution in [0.15, 0.2) is 47.4 Å². The largest absolute Gasteiger partial charge is 0.463 e. The third-order valence-electron chi connectivity index (χ3n) is 3.96. The molecule has 0 aliphatic heterocycles. The maximum atomic E-state index is 13.0. The summed E-state index contributed by atoms with van der Waals surface area (Å²) in [5.41, 5.74) is -1.49. The van der Waals surface area contributed by atoms with Gasteiger partial charge in [0.15, 0.2) is 0 Å². The highest BCUT2D eigenvalue weighted by atomic mass is 35.5. The standard InChI is InChI=1S/C20H20ClF3N2O4/c1-12(2)30-18(28)9-16(13-6-4-3-5-7-13)25-17(27)11-26-10-14(20(22,23)24)8-15(21)19(26)29/h3-8,10,12,16H,9,11H2,1-2H3,(H,25,27). The van der Waals surface area contributed by atoms with E-state index in [0.29, 0.717) is 22.4 Å². The molecule has 2 rings (SSSR count). The molecule has 1 N–H and O–H groups in total. The number of carbonyl (C=O) groups is 2. The van der Waals surface area contributed by atoms with Crippen LogP contribution < -0.4 is 10.9 Å². The molecule has 0 aliphatic carbocycles. The molecule has 0 aliphatic rings. The van der Waals surface area contributed by atoms with Crippen LogP contribution in [0, 0.1) is 0 Å². The minimum Gasteiger partial charge on any atom is -0.463 e. The molecule has 10 heteroatoms. The monoisotopic (exact) mass is 444 g/mol. The lowest BCUT2D eigenvalue weighted by atomic mass is 10.0. The summed E-state index contributed by atoms with van der Waals surface area (Å²) >= 11 is 5.60. The maximum absolute atomic E-state index is 13.0. The van der Waals surface area contributed by atoms with Crippen molar-refractivity contribution in [3.63, 3.8) is 0 Å². The van der Waals surface area contributed by atoms with Gasteiger partial charge in [-0.3, -0.25) is 14.4 Å². The Morgan fingerprint density at radius 3 is 2.40 bits per heavy atom. The average Bonchev–Trinajstić information content (AvgIpc) is 2.64. The van der Waals surface area contributed by atoms with E-state index in [-0.39, 0.29) is 12.5 Å². The predicted octanol–water partition coefficient (Wildman–Crippen LogP) is 3.72. The van der Waals surface area contributed by atoms with Crippen LogP contribution in [0.1, 0.15) is 37.4 Å². The molecule has 0 spiro atoms. The van der Waals surface area contributed by atoms with Crippen molar-refractivity contribution in [2.75, 3.05) is 0 Å². The Balaban J connectivity index is 2.23. The second-order valence-corrected chi connectivity index (χ2v) is 7.19. The number of halogens is 4. The van der Waals surface area contributed by atoms with Gasteiger partial charge in [-0.2, -0.15) is 13.2 Å². The van der Waals surface area contributed by atoms with Crippen LogP contribution in [0.4, 0.5) is 13.2 Å². The van der Waals surface area contributed by atoms with Gasteiger partial charge in [0.05, 0.1) is 24.1 Å². The number of nitrogens with zero attached hydrogens (tertiary/aromatic N) is 1. The molecule has 0 bridgehead atoms. The molecule has 0 saturated carbocycles. The molecule has 2 aromatic rings. The van der Waals surface area contributed by atoms with Crippen molar-refractivity contribution in [3.05, 3.63) is 69.1 Å². The molecule has 0 fully saturated rings. The average molecular weight is 445 g/mol. The van der Waals surface area contributed by atoms with Crippen LogP contribution in [0.3, 0.4) is 0 Å². The van der Waals surface area contributed by atoms with Crippen LogP contribution in [0.25, 0.3) is 0 Å². The van der Waals surface area contributed by atoms with Crippen molar-refractivity contribution in [1.82, 2.24) is 9.88 Å². The van der Waals surface area contributed by atoms with Crippen LogP contribution in [0.2, 0.25) is 5.02 Å². The molecule has 6 nitrogen and oxygen atoms in total. The van der Waals surface area contributed by atoms with Crippen LogP contribution in [-0.4, -0.2) is 22.5 Å². The van der Waals surface area contributed by atoms with E-state index in [1.54, 1.807) is 44.2 Å². The third-order valence-corrected chi connectivity index (χ3v) is 4.23. The highest BCUT2D eigenvalue weighted by molar-refractivity contribution is 6.30. The number of alkyl halides is 3. The number of carbonyl (C=O) groups excluding carboxylic acids is 2. The van der Waals surface area contributed by atoms with E-state index < -0.39 is 46.8 Å². The third kappa shape index (κ3) is 6.62. The molecule has 0 radical (unpaired) electrons. The predicted molar refractivity (Wildman–Crippen MR) is 104 cm³/mol. The lowest BCUT2D eigenvalue weighted by molar-refractivity contribution is -0.148. The molecule has 1 unspecified atom stereocenters. The van der Waals surface area contributed by atoms with Gasteiger partial charge >= 0.3 is 12.1 Å². The van der Waals surface area contributed by atoms with Gasteiger partial charge in [0.1, 0.15) is 11.6 Å². The first-order valence-electron chi connectivity index (χ1n) is 8.98. The minimum atomic E-state index is -4.73. The number of aromatic nitrogens is 1. The Labute approximate surface area is 175 Å². The van der Waals surface area contributed by atoms with Gasteiger partial charge in [0, 0.05) is 6.20 Å². The fourth-order valence-corrected chi connectivity index (χ4v) is 2.91. The molecule has 1 aromatic heterocycles. The molecular weight excluding hydrogens is 425 g/mol. The molecule has 1 heterocycles. The van der Waals surface area contributed by atoms with E-state index in [0.717, 1.165) is 0 Å². The SMILES string of the molecule is CC(C)OC(=O)CC(NC(=O)Cn1cc(C(F)(F)F)cc(Cl)c1=O)c1ccccc1. The summed E-state index contributed by atoms with van der Waals surface area (Å²) in [4.78, 5) is 36.6. The molecule has 0 saturated heterocycles. The van der Waals surface area contributed by atoms with Crippen molar-refractivity contribution >= 4 is 23.5 Å². The second-order valence-electron chi connectivity index (χ2n) is 6.78. The number of hydrogen-bond acceptors (Lipinski definition) is 4. The Morgan fingerprint density at radius 1 is 1.20 bits per heavy atom. The van der Waals surface area contributed by atoms with E-state index in [2.05, 4.69) is 5.32 Å². The first-order valence-corrected chi connectivity index (χ1v) is 9.36. The Kier molecular flexibility index (Phi) is 7.66. The van der Waals surface area contributed by atoms with E-state index in [9.17, 15) is 27.6 Å². The zero-order chi connectivity index (χ0) is 22.5. The fraction of sp³-hybridized carbons (Fsp3) is 0.350. The molecule has 1 amide bonds. The van der Waals surface area contributed by atoms with Crippen molar-refractivity contribution in [2.24, 2.45) is 0 Å². The fourth-order valence-electron chi connectivity index (χ4n) is 2.68. The lowest BCUT2D eigenvalue weighted by Gasteiger charge is -2.20. The smallest absolute Gasteiger partial charge is 0.417 e. The molecule has 30 heavy (non-hydrogen) atoms. The molecule has 1 aromatic carbocycles. The highest BCUT2D eigenvalue weighted by Crippen LogP contribution is 2.29. The summed E-state index contributed by atoms with van der Waals surface area (Å²) in [6.45, 7) is 2.65. The first-order chi connectivity index (χ1) is 14.0. The number of nitrogens with one attached hydrogen (secondary N) is 1. The topological polar surface area (TPSA) is 77.4 Å². The molecular formula is C20H20ClF3N2O4. The lowest BCUT2D eigenvalue weighted by Crippen LogP contribution is -2.36. The van der Waals surface area contributed by atoms with Crippen LogP contribution >= 0.6 is 11.6 Å². The highest BCUT2D eigenvalue weighted by Gasteiger charge is 2.32. The Bertz CT molecular complexity index is 959. The summed E-state index contributed by atoms with van der Waals surface area (Å²) in [5, 5.41) is 1.91. The van der Waals surface area contributed by atoms with Crippen LogP contribution in [0.5, 0.6) is 0 Å². The van der Waals surface area contributed by atoms with Crippen LogP contribution in [-0.2, 0) is 27.0 Å². The number of benzene rings is 1. The van der Waals surface area contributed by atoms with Gasteiger partial charge in [-0.05, 0) is 25.5 Å². The zero-order valence-corrected chi connectivity index (χ0v) is 17.0. The quantitative estimate of drug-likeness (QED) is 0.660. The summed E-state index contributed by atoms with van der Waals surface area (Å²) in [6.07, 6.45) is -4.75. The van der Waals surface area contributed by atoms with E-state index >= 15 is 0 Å². The van der Waals surface area contributed by atoms with Crippen molar-refractivity contribution in [2.45, 2.75) is 45.1 Å². The van der Waals surface area contributed by atoms with Crippen molar-refractivity contribution in [1.29, 1.82) is 0 Å². The number of pyridine rings is 1. The summed E-state index contributed by atoms with van der Waals surface area (Å²) in [6, 6.07) is 8.24. The minimum absolute atomic E-state index is 0.188. The normalized spacial score (nSPS) is 12.5. The Morgan fingerprint density at radius 2 is 1.83 bits per heavy atom. The summed E-state index contributed by atoms with van der Waals surface area (Å²) in [7, 11) is 0. The van der Waals surface area contributed by atoms with Gasteiger partial charge in [-0.1, -0.05) is 41.9 Å². The second kappa shape index (κ2) is 9.80. The van der Waals surface area contributed by atoms with Gasteiger partial charge in [0.25, 0.3) is 5.56 Å². The number of esters is 1. The number of amides is 1. The van der Waals surface area contributed by atoms with Gasteiger partial charge < -0.3 is 14.6 Å².